The van der Waals surface area contributed by atoms with E-state index >= 15 is 0 Å². The highest BCUT2D eigenvalue weighted by molar-refractivity contribution is 8.00. The summed E-state index contributed by atoms with van der Waals surface area (Å²) >= 11 is 3.59. The van der Waals surface area contributed by atoms with E-state index in [0.717, 1.165) is 177 Å². The number of nitrogens with one attached hydrogen (secondary N) is 4. The highest BCUT2D eigenvalue weighted by atomic mass is 32.2. The van der Waals surface area contributed by atoms with Crippen molar-refractivity contribution in [3.05, 3.63) is 263 Å². The van der Waals surface area contributed by atoms with Gasteiger partial charge in [0.15, 0.2) is 11.6 Å². The number of aromatic nitrogens is 12. The van der Waals surface area contributed by atoms with Gasteiger partial charge in [0, 0.05) is 67.0 Å². The normalized spacial score (nSPS) is 13.6. The molecule has 102 heavy (non-hydrogen) atoms. The van der Waals surface area contributed by atoms with Gasteiger partial charge in [-0.25, -0.2) is 39.9 Å². The topological polar surface area (TPSA) is 173 Å². The van der Waals surface area contributed by atoms with Crippen molar-refractivity contribution in [2.75, 3.05) is 23.9 Å². The van der Waals surface area contributed by atoms with Crippen LogP contribution >= 0.6 is 23.5 Å². The Morgan fingerprint density at radius 3 is 0.873 bits per heavy atom. The summed E-state index contributed by atoms with van der Waals surface area (Å²) in [4.78, 5) is 65.4. The molecule has 0 amide bonds. The molecule has 12 aliphatic rings. The summed E-state index contributed by atoms with van der Waals surface area (Å²) in [6, 6.07) is 70.1. The molecule has 0 atom stereocenters. The molecule has 36 bridgehead atoms. The van der Waals surface area contributed by atoms with Crippen molar-refractivity contribution >= 4 is 142 Å². The Morgan fingerprint density at radius 2 is 0.529 bits per heavy atom. The first kappa shape index (κ1) is 58.0. The Balaban J connectivity index is 0.742. The molecule has 0 spiro atoms. The zero-order valence-electron chi connectivity index (χ0n) is 54.7. The maximum atomic E-state index is 5.27. The van der Waals surface area contributed by atoms with Gasteiger partial charge in [-0.3, -0.25) is 0 Å². The molecule has 16 heterocycles. The van der Waals surface area contributed by atoms with Crippen molar-refractivity contribution in [3.8, 4) is 89.0 Å². The van der Waals surface area contributed by atoms with Crippen molar-refractivity contribution in [3.63, 3.8) is 0 Å². The van der Waals surface area contributed by atoms with E-state index in [4.69, 9.17) is 39.9 Å². The summed E-state index contributed by atoms with van der Waals surface area (Å²) in [7, 11) is 4.31. The van der Waals surface area contributed by atoms with E-state index < -0.39 is 0 Å². The van der Waals surface area contributed by atoms with Crippen LogP contribution in [0.1, 0.15) is 69.1 Å². The third-order valence-electron chi connectivity index (χ3n) is 19.9. The number of rotatable bonds is 0. The molecule has 14 nitrogen and oxygen atoms in total. The fourth-order valence-corrected chi connectivity index (χ4v) is 17.4. The number of hydrogen-bond acceptors (Lipinski definition) is 12. The predicted octanol–water partition coefficient (Wildman–Crippen LogP) is 21.1. The van der Waals surface area contributed by atoms with Crippen LogP contribution < -0.4 is 9.80 Å². The van der Waals surface area contributed by atoms with Gasteiger partial charge in [0.05, 0.1) is 56.9 Å². The number of nitrogens with zero attached hydrogens (tertiary/aromatic N) is 10. The van der Waals surface area contributed by atoms with Crippen molar-refractivity contribution in [2.24, 2.45) is 0 Å². The maximum absolute atomic E-state index is 5.27. The molecular formula is C86H54N14S2. The fraction of sp³-hybridized carbons (Fsp3) is 0.0233. The molecule has 480 valence electrons. The first-order valence-electron chi connectivity index (χ1n) is 33.7. The van der Waals surface area contributed by atoms with E-state index in [1.807, 2.05) is 60.7 Å². The van der Waals surface area contributed by atoms with Crippen LogP contribution in [0.25, 0.3) is 184 Å². The van der Waals surface area contributed by atoms with Gasteiger partial charge >= 0.3 is 0 Å². The standard InChI is InChI=1S/C86H54N14S2/c1-99-67-27-15-51-43-71(67)101-72-44-52(16-28-68(72)99)48-8-4-12-56(40-48)84-61-21-33-77(89-61)97-81-37-25-65(93-81)86(66-26-38-82(94-66)98-78-34-22-62(84)90-78)58-14-6-10-50(42-58)54-18-30-70-74(46-54)102-73-45-53(17-29-69(73)100(70)2)49-9-5-13-57(41-49)85-63-23-35-79(91-63)95-75-31-19-59(87-75)83(55-11-3-7-47(51)39-55)60-20-32-76(88-60)96-80-36-24-64(85)92-80/h3-46H,1-2H3,(H,87,91,95)(H,88,92,96)(H,89,93,97)(H,90,94,98). The van der Waals surface area contributed by atoms with Gasteiger partial charge in [-0.05, 0) is 237 Å². The van der Waals surface area contributed by atoms with E-state index in [9.17, 15) is 0 Å². The van der Waals surface area contributed by atoms with Crippen molar-refractivity contribution in [1.82, 2.24) is 59.8 Å². The molecule has 4 aromatic heterocycles. The largest absolute Gasteiger partial charge is 0.343 e. The van der Waals surface area contributed by atoms with Crippen molar-refractivity contribution in [1.29, 1.82) is 0 Å². The smallest absolute Gasteiger partial charge is 0.155 e. The SMILES string of the molecule is CN1c2ccc3cc2Sc2cc(ccc21)-c1cccc(c1)-c1c2nc(nc4ccc([nH]4)c(c4nc([nH]c5nc1C=C5)C=C4)-c1cccc(c1)-c1ccc4c(c1)Sc1cc(ccc1N4C)-c1cccc(c1)-c1c4nc([nH]c5nc(c(c6nc(nc7ccc1[nH]7)C=C6)-c1cccc-3c1)C=C5)C=C4)C=C2. The molecule has 24 rings (SSSR count). The highest BCUT2D eigenvalue weighted by Gasteiger charge is 2.27. The van der Waals surface area contributed by atoms with Crippen LogP contribution in [-0.2, 0) is 0 Å². The van der Waals surface area contributed by atoms with Gasteiger partial charge in [0.25, 0.3) is 0 Å². The lowest BCUT2D eigenvalue weighted by Gasteiger charge is -2.30. The zero-order valence-corrected chi connectivity index (χ0v) is 56.3. The molecule has 0 aliphatic carbocycles. The molecular weight excluding hydrogens is 1290 g/mol. The van der Waals surface area contributed by atoms with Crippen LogP contribution in [0.3, 0.4) is 0 Å². The first-order valence-corrected chi connectivity index (χ1v) is 35.3. The van der Waals surface area contributed by atoms with Gasteiger partial charge < -0.3 is 29.7 Å². The summed E-state index contributed by atoms with van der Waals surface area (Å²) in [5.74, 6) is 3.87. The van der Waals surface area contributed by atoms with E-state index in [0.29, 0.717) is 46.2 Å². The summed E-state index contributed by atoms with van der Waals surface area (Å²) in [6.07, 6.45) is 24.4. The molecule has 12 aliphatic heterocycles. The lowest BCUT2D eigenvalue weighted by molar-refractivity contribution is 1.10. The third-order valence-corrected chi connectivity index (χ3v) is 22.1. The van der Waals surface area contributed by atoms with E-state index in [1.54, 1.807) is 23.5 Å². The van der Waals surface area contributed by atoms with E-state index in [2.05, 4.69) is 250 Å². The van der Waals surface area contributed by atoms with E-state index in [-0.39, 0.29) is 0 Å². The average molecular weight is 1350 g/mol. The van der Waals surface area contributed by atoms with Crippen molar-refractivity contribution in [2.45, 2.75) is 19.6 Å². The number of aromatic amines is 4. The van der Waals surface area contributed by atoms with Crippen LogP contribution in [0.2, 0.25) is 0 Å². The minimum Gasteiger partial charge on any atom is -0.343 e. The van der Waals surface area contributed by atoms with Crippen LogP contribution in [0, 0.1) is 0 Å². The van der Waals surface area contributed by atoms with E-state index in [1.165, 1.54) is 0 Å². The van der Waals surface area contributed by atoms with Gasteiger partial charge in [-0.15, -0.1) is 0 Å². The minimum atomic E-state index is 0.580. The monoisotopic (exact) mass is 1350 g/mol. The summed E-state index contributed by atoms with van der Waals surface area (Å²) in [5.41, 5.74) is 28.6. The maximum Gasteiger partial charge on any atom is 0.155 e. The molecule has 0 unspecified atom stereocenters. The number of H-pyrrole nitrogens is 4. The lowest BCUT2D eigenvalue weighted by Crippen LogP contribution is -2.14. The van der Waals surface area contributed by atoms with Gasteiger partial charge in [-0.1, -0.05) is 121 Å². The third kappa shape index (κ3) is 9.89. The van der Waals surface area contributed by atoms with Gasteiger partial charge in [0.1, 0.15) is 34.6 Å². The first-order chi connectivity index (χ1) is 50.2. The quantitative estimate of drug-likeness (QED) is 0.113. The molecule has 8 aromatic carbocycles. The molecule has 0 radical (unpaired) electrons. The molecule has 4 N–H and O–H groups in total. The number of anilines is 4. The van der Waals surface area contributed by atoms with Gasteiger partial charge in [-0.2, -0.15) is 0 Å². The Bertz CT molecular complexity index is 6030. The minimum absolute atomic E-state index is 0.580. The molecule has 12 aromatic rings. The number of hydrogen-bond donors (Lipinski definition) is 4. The molecule has 0 saturated heterocycles. The lowest BCUT2D eigenvalue weighted by atomic mass is 9.96. The second-order valence-corrected chi connectivity index (χ2v) is 28.3. The Kier molecular flexibility index (Phi) is 12.9. The Hall–Kier alpha value is -13.0. The second-order valence-electron chi connectivity index (χ2n) is 26.1. The van der Waals surface area contributed by atoms with Crippen LogP contribution in [0.4, 0.5) is 22.7 Å². The van der Waals surface area contributed by atoms with Crippen LogP contribution in [0.5, 0.6) is 0 Å². The summed E-state index contributed by atoms with van der Waals surface area (Å²) < 4.78 is 0. The zero-order chi connectivity index (χ0) is 67.3. The number of benzene rings is 8. The second kappa shape index (κ2) is 22.8. The summed E-state index contributed by atoms with van der Waals surface area (Å²) in [6.45, 7) is 0. The Morgan fingerprint density at radius 1 is 0.245 bits per heavy atom. The van der Waals surface area contributed by atoms with Crippen molar-refractivity contribution < 1.29 is 0 Å². The molecule has 0 saturated carbocycles. The van der Waals surface area contributed by atoms with Gasteiger partial charge in [0.2, 0.25) is 0 Å². The predicted molar refractivity (Wildman–Crippen MR) is 417 cm³/mol. The average Bonchev–Trinajstić information content (AvgIpc) is 0.966. The Labute approximate surface area is 593 Å². The van der Waals surface area contributed by atoms with Crippen LogP contribution in [-0.4, -0.2) is 73.9 Å². The summed E-state index contributed by atoms with van der Waals surface area (Å²) in [5, 5.41) is 0. The fourth-order valence-electron chi connectivity index (χ4n) is 14.9. The molecule has 0 fully saturated rings. The molecule has 16 heteroatoms. The van der Waals surface area contributed by atoms with Crippen LogP contribution in [0.15, 0.2) is 214 Å². The highest BCUT2D eigenvalue weighted by Crippen LogP contribution is 2.52.